The predicted molar refractivity (Wildman–Crippen MR) is 84.4 cm³/mol. The monoisotopic (exact) mass is 310 g/mol. The fourth-order valence-corrected chi connectivity index (χ4v) is 2.91. The van der Waals surface area contributed by atoms with Crippen LogP contribution in [-0.4, -0.2) is 20.1 Å². The molecule has 0 radical (unpaired) electrons. The van der Waals surface area contributed by atoms with E-state index < -0.39 is 5.72 Å². The molecule has 0 bridgehead atoms. The lowest BCUT2D eigenvalue weighted by Crippen LogP contribution is -2.47. The molecule has 20 heavy (non-hydrogen) atoms. The number of rotatable bonds is 2. The largest absolute Gasteiger partial charge is 0.480 e. The highest BCUT2D eigenvalue weighted by Gasteiger charge is 2.43. The van der Waals surface area contributed by atoms with Crippen molar-refractivity contribution in [1.82, 2.24) is 0 Å². The lowest BCUT2D eigenvalue weighted by molar-refractivity contribution is 0.0516. The van der Waals surface area contributed by atoms with E-state index in [1.165, 1.54) is 0 Å². The average molecular weight is 311 g/mol. The molecule has 3 rings (SSSR count). The van der Waals surface area contributed by atoms with Gasteiger partial charge in [-0.3, -0.25) is 0 Å². The smallest absolute Gasteiger partial charge is 0.248 e. The van der Waals surface area contributed by atoms with Crippen LogP contribution in [0.25, 0.3) is 0 Å². The van der Waals surface area contributed by atoms with Gasteiger partial charge in [0.05, 0.1) is 18.5 Å². The number of nitrogens with zero attached hydrogens (tertiary/aromatic N) is 1. The lowest BCUT2D eigenvalue weighted by atomic mass is 10.0. The van der Waals surface area contributed by atoms with Crippen LogP contribution >= 0.6 is 23.7 Å². The van der Waals surface area contributed by atoms with Crippen LogP contribution < -0.4 is 5.32 Å². The van der Waals surface area contributed by atoms with Gasteiger partial charge in [0, 0.05) is 12.7 Å². The minimum atomic E-state index is -0.858. The first-order valence-corrected chi connectivity index (χ1v) is 6.82. The lowest BCUT2D eigenvalue weighted by Gasteiger charge is -2.36. The molecule has 0 fully saturated rings. The summed E-state index contributed by atoms with van der Waals surface area (Å²) in [7, 11) is 3.25. The fourth-order valence-electron chi connectivity index (χ4n) is 2.21. The van der Waals surface area contributed by atoms with Gasteiger partial charge in [-0.25, -0.2) is 4.99 Å². The molecular weight excluding hydrogens is 296 g/mol. The van der Waals surface area contributed by atoms with Crippen LogP contribution in [0.5, 0.6) is 0 Å². The molecule has 0 amide bonds. The first-order chi connectivity index (χ1) is 9.30. The molecule has 6 heteroatoms. The Labute approximate surface area is 127 Å². The van der Waals surface area contributed by atoms with Crippen molar-refractivity contribution < 1.29 is 9.47 Å². The number of aliphatic imine (C=N–C) groups is 1. The standard InChI is InChI=1S/C14H14N2O2S.ClH/c1-17-13-14(18-2,10-7-8-19-9-10)16-12-6-4-3-5-11(12)15-13;/h3-9,16H,1-2H3;1H. The van der Waals surface area contributed by atoms with Crippen molar-refractivity contribution in [3.05, 3.63) is 46.7 Å². The van der Waals surface area contributed by atoms with Crippen molar-refractivity contribution in [2.24, 2.45) is 4.99 Å². The Morgan fingerprint density at radius 2 is 2.00 bits per heavy atom. The molecule has 1 atom stereocenters. The van der Waals surface area contributed by atoms with Gasteiger partial charge in [-0.05, 0) is 29.0 Å². The molecule has 106 valence electrons. The molecule has 0 spiro atoms. The average Bonchev–Trinajstić information content (AvgIpc) is 3.00. The number of thiophene rings is 1. The zero-order valence-electron chi connectivity index (χ0n) is 11.1. The number of hydrogen-bond acceptors (Lipinski definition) is 5. The van der Waals surface area contributed by atoms with Crippen LogP contribution in [-0.2, 0) is 15.2 Å². The molecule has 0 aliphatic carbocycles. The second kappa shape index (κ2) is 5.83. The SMILES string of the molecule is COC1=Nc2ccccc2NC1(OC)c1ccsc1.Cl. The molecule has 1 aromatic carbocycles. The van der Waals surface area contributed by atoms with E-state index in [2.05, 4.69) is 10.3 Å². The molecule has 1 aromatic heterocycles. The van der Waals surface area contributed by atoms with E-state index in [1.54, 1.807) is 25.6 Å². The maximum Gasteiger partial charge on any atom is 0.248 e. The zero-order valence-corrected chi connectivity index (χ0v) is 12.8. The van der Waals surface area contributed by atoms with Crippen LogP contribution in [0.2, 0.25) is 0 Å². The van der Waals surface area contributed by atoms with E-state index >= 15 is 0 Å². The molecular formula is C14H15ClN2O2S. The number of para-hydroxylation sites is 2. The van der Waals surface area contributed by atoms with Gasteiger partial charge in [0.2, 0.25) is 11.6 Å². The van der Waals surface area contributed by atoms with Gasteiger partial charge in [0.1, 0.15) is 0 Å². The number of benzene rings is 1. The highest BCUT2D eigenvalue weighted by atomic mass is 35.5. The number of methoxy groups -OCH3 is 2. The van der Waals surface area contributed by atoms with Crippen molar-refractivity contribution >= 4 is 41.0 Å². The Kier molecular flexibility index (Phi) is 4.32. The van der Waals surface area contributed by atoms with Crippen LogP contribution in [0.15, 0.2) is 46.1 Å². The molecule has 1 N–H and O–H groups in total. The molecule has 1 aliphatic heterocycles. The second-order valence-corrected chi connectivity index (χ2v) is 4.94. The van der Waals surface area contributed by atoms with E-state index in [0.717, 1.165) is 16.9 Å². The van der Waals surface area contributed by atoms with Crippen molar-refractivity contribution in [3.8, 4) is 0 Å². The predicted octanol–water partition coefficient (Wildman–Crippen LogP) is 3.77. The van der Waals surface area contributed by atoms with Crippen molar-refractivity contribution in [3.63, 3.8) is 0 Å². The fraction of sp³-hybridized carbons (Fsp3) is 0.214. The third-order valence-electron chi connectivity index (χ3n) is 3.17. The van der Waals surface area contributed by atoms with Crippen LogP contribution in [0.3, 0.4) is 0 Å². The van der Waals surface area contributed by atoms with Crippen LogP contribution in [0.1, 0.15) is 5.56 Å². The molecule has 0 saturated carbocycles. The Bertz CT molecular complexity index is 615. The summed E-state index contributed by atoms with van der Waals surface area (Å²) in [6, 6.07) is 9.83. The summed E-state index contributed by atoms with van der Waals surface area (Å²) in [5.41, 5.74) is 1.90. The number of nitrogens with one attached hydrogen (secondary N) is 1. The Balaban J connectivity index is 0.00000147. The third-order valence-corrected chi connectivity index (χ3v) is 3.85. The Hall–Kier alpha value is -1.56. The van der Waals surface area contributed by atoms with Gasteiger partial charge in [-0.15, -0.1) is 12.4 Å². The highest BCUT2D eigenvalue weighted by Crippen LogP contribution is 2.39. The first kappa shape index (κ1) is 14.8. The molecule has 1 aliphatic rings. The third kappa shape index (κ3) is 2.18. The summed E-state index contributed by atoms with van der Waals surface area (Å²) < 4.78 is 11.2. The number of anilines is 1. The van der Waals surface area contributed by atoms with E-state index in [0.29, 0.717) is 5.90 Å². The quantitative estimate of drug-likeness (QED) is 0.918. The number of ether oxygens (including phenoxy) is 2. The second-order valence-electron chi connectivity index (χ2n) is 4.16. The van der Waals surface area contributed by atoms with E-state index in [9.17, 15) is 0 Å². The Morgan fingerprint density at radius 3 is 2.65 bits per heavy atom. The minimum absolute atomic E-state index is 0. The van der Waals surface area contributed by atoms with E-state index in [-0.39, 0.29) is 12.4 Å². The van der Waals surface area contributed by atoms with Crippen molar-refractivity contribution in [2.75, 3.05) is 19.5 Å². The van der Waals surface area contributed by atoms with Gasteiger partial charge >= 0.3 is 0 Å². The van der Waals surface area contributed by atoms with Gasteiger partial charge < -0.3 is 14.8 Å². The number of halogens is 1. The van der Waals surface area contributed by atoms with E-state index in [1.807, 2.05) is 41.1 Å². The van der Waals surface area contributed by atoms with E-state index in [4.69, 9.17) is 9.47 Å². The van der Waals surface area contributed by atoms with Gasteiger partial charge in [-0.1, -0.05) is 12.1 Å². The van der Waals surface area contributed by atoms with Crippen molar-refractivity contribution in [1.29, 1.82) is 0 Å². The van der Waals surface area contributed by atoms with Crippen molar-refractivity contribution in [2.45, 2.75) is 5.72 Å². The molecule has 4 nitrogen and oxygen atoms in total. The molecule has 2 heterocycles. The first-order valence-electron chi connectivity index (χ1n) is 5.88. The van der Waals surface area contributed by atoms with Crippen LogP contribution in [0.4, 0.5) is 11.4 Å². The summed E-state index contributed by atoms with van der Waals surface area (Å²) >= 11 is 1.61. The normalized spacial score (nSPS) is 20.2. The summed E-state index contributed by atoms with van der Waals surface area (Å²) in [6.07, 6.45) is 0. The summed E-state index contributed by atoms with van der Waals surface area (Å²) in [6.45, 7) is 0. The maximum absolute atomic E-state index is 5.72. The van der Waals surface area contributed by atoms with Gasteiger partial charge in [0.15, 0.2) is 0 Å². The van der Waals surface area contributed by atoms with Gasteiger partial charge in [0.25, 0.3) is 0 Å². The summed E-state index contributed by atoms with van der Waals surface area (Å²) in [5.74, 6) is 0.507. The maximum atomic E-state index is 5.72. The molecule has 2 aromatic rings. The number of fused-ring (bicyclic) bond motifs is 1. The van der Waals surface area contributed by atoms with Crippen LogP contribution in [0, 0.1) is 0 Å². The van der Waals surface area contributed by atoms with Gasteiger partial charge in [-0.2, -0.15) is 11.3 Å². The topological polar surface area (TPSA) is 42.8 Å². The number of hydrogen-bond donors (Lipinski definition) is 1. The zero-order chi connectivity index (χ0) is 13.3. The molecule has 1 unspecified atom stereocenters. The highest BCUT2D eigenvalue weighted by molar-refractivity contribution is 7.08. The summed E-state index contributed by atoms with van der Waals surface area (Å²) in [5, 5.41) is 7.42. The Morgan fingerprint density at radius 1 is 1.20 bits per heavy atom. The molecule has 0 saturated heterocycles. The summed E-state index contributed by atoms with van der Waals surface area (Å²) in [4.78, 5) is 4.56. The minimum Gasteiger partial charge on any atom is -0.480 e.